The van der Waals surface area contributed by atoms with E-state index in [4.69, 9.17) is 4.74 Å². The second-order valence-corrected chi connectivity index (χ2v) is 8.05. The Morgan fingerprint density at radius 1 is 1.28 bits per heavy atom. The van der Waals surface area contributed by atoms with Gasteiger partial charge in [0.1, 0.15) is 12.4 Å². The number of fused-ring (bicyclic) bond motifs is 3. The lowest BCUT2D eigenvalue weighted by Gasteiger charge is -2.32. The van der Waals surface area contributed by atoms with Gasteiger partial charge in [0.2, 0.25) is 11.8 Å². The number of urea groups is 1. The zero-order valence-electron chi connectivity index (χ0n) is 17.1. The Bertz CT molecular complexity index is 1170. The molecule has 2 atom stereocenters. The number of halogens is 3. The Balaban J connectivity index is 1.31. The molecule has 0 spiro atoms. The number of methoxy groups -OCH3 is 1. The summed E-state index contributed by atoms with van der Waals surface area (Å²) in [6.45, 7) is -0.0962. The number of hydrogen-bond donors (Lipinski definition) is 1. The molecule has 7 nitrogen and oxygen atoms in total. The Kier molecular flexibility index (Phi) is 4.79. The van der Waals surface area contributed by atoms with E-state index in [9.17, 15) is 22.8 Å². The third kappa shape index (κ3) is 3.26. The highest BCUT2D eigenvalue weighted by Crippen LogP contribution is 2.43. The predicted molar refractivity (Wildman–Crippen MR) is 108 cm³/mol. The topological polar surface area (TPSA) is 74.8 Å². The number of anilines is 1. The van der Waals surface area contributed by atoms with Crippen molar-refractivity contribution in [1.82, 2.24) is 14.8 Å². The van der Waals surface area contributed by atoms with Crippen LogP contribution in [0.2, 0.25) is 0 Å². The normalized spacial score (nSPS) is 21.4. The summed E-state index contributed by atoms with van der Waals surface area (Å²) < 4.78 is 47.1. The Hall–Kier alpha value is -3.56. The zero-order chi connectivity index (χ0) is 22.6. The van der Waals surface area contributed by atoms with Crippen LogP contribution < -0.4 is 10.1 Å². The van der Waals surface area contributed by atoms with E-state index in [0.29, 0.717) is 24.4 Å². The number of benzene rings is 1. The standard InChI is InChI=1S/C22H19F3N4O3/c1-32-19-6-14(17(24)7-26-19)13-5-12-4-11(13)8-29(12)20(30)10-28-9-15-18(27-22(28)31)3-2-16(23)21(15)25/h2-3,5-7,11-12H,4,8-10H2,1H3,(H,27,31)/t11-,12-/m0/s1. The molecule has 1 aliphatic carbocycles. The number of amides is 3. The van der Waals surface area contributed by atoms with Crippen molar-refractivity contribution < 1.29 is 27.5 Å². The van der Waals surface area contributed by atoms with Crippen molar-refractivity contribution in [3.8, 4) is 5.88 Å². The highest BCUT2D eigenvalue weighted by Gasteiger charge is 2.43. The lowest BCUT2D eigenvalue weighted by Crippen LogP contribution is -2.47. The quantitative estimate of drug-likeness (QED) is 0.786. The van der Waals surface area contributed by atoms with Crippen LogP contribution in [-0.2, 0) is 11.3 Å². The minimum atomic E-state index is -1.04. The van der Waals surface area contributed by atoms with Crippen molar-refractivity contribution in [1.29, 1.82) is 0 Å². The first-order valence-corrected chi connectivity index (χ1v) is 10.1. The monoisotopic (exact) mass is 444 g/mol. The van der Waals surface area contributed by atoms with Crippen molar-refractivity contribution in [2.24, 2.45) is 5.92 Å². The van der Waals surface area contributed by atoms with Crippen molar-refractivity contribution in [2.75, 3.05) is 25.5 Å². The Labute approximate surface area is 181 Å². The van der Waals surface area contributed by atoms with Gasteiger partial charge in [0, 0.05) is 29.7 Å². The van der Waals surface area contributed by atoms with Crippen LogP contribution in [0, 0.1) is 23.4 Å². The van der Waals surface area contributed by atoms with E-state index in [0.717, 1.165) is 22.7 Å². The van der Waals surface area contributed by atoms with Gasteiger partial charge < -0.3 is 19.9 Å². The molecule has 10 heteroatoms. The molecule has 166 valence electrons. The molecule has 0 radical (unpaired) electrons. The summed E-state index contributed by atoms with van der Waals surface area (Å²) in [6.07, 6.45) is 3.61. The van der Waals surface area contributed by atoms with Crippen LogP contribution in [0.4, 0.5) is 23.7 Å². The number of carbonyl (C=O) groups excluding carboxylic acids is 2. The van der Waals surface area contributed by atoms with Gasteiger partial charge in [-0.05, 0) is 24.1 Å². The van der Waals surface area contributed by atoms with Gasteiger partial charge in [-0.2, -0.15) is 0 Å². The van der Waals surface area contributed by atoms with E-state index >= 15 is 0 Å². The number of hydrogen-bond acceptors (Lipinski definition) is 4. The number of nitrogens with one attached hydrogen (secondary N) is 1. The van der Waals surface area contributed by atoms with Gasteiger partial charge in [0.05, 0.1) is 31.6 Å². The summed E-state index contributed by atoms with van der Waals surface area (Å²) in [6, 6.07) is 3.00. The maximum Gasteiger partial charge on any atom is 0.322 e. The van der Waals surface area contributed by atoms with Crippen LogP contribution in [0.5, 0.6) is 5.88 Å². The fourth-order valence-electron chi connectivity index (χ4n) is 4.64. The highest BCUT2D eigenvalue weighted by molar-refractivity contribution is 5.95. The van der Waals surface area contributed by atoms with Crippen LogP contribution in [0.3, 0.4) is 0 Å². The SMILES string of the molecule is COc1cc(C2=C[C@@H]3C[C@H]2CN3C(=O)CN2Cc3c(ccc(F)c3F)NC2=O)c(F)cn1. The van der Waals surface area contributed by atoms with Crippen molar-refractivity contribution in [3.63, 3.8) is 0 Å². The first-order valence-electron chi connectivity index (χ1n) is 10.1. The number of aromatic nitrogens is 1. The van der Waals surface area contributed by atoms with Gasteiger partial charge in [-0.15, -0.1) is 0 Å². The van der Waals surface area contributed by atoms with Gasteiger partial charge >= 0.3 is 6.03 Å². The molecule has 1 aromatic heterocycles. The molecule has 3 amide bonds. The molecule has 0 saturated carbocycles. The fraction of sp³-hybridized carbons (Fsp3) is 0.318. The van der Waals surface area contributed by atoms with Crippen LogP contribution >= 0.6 is 0 Å². The number of ether oxygens (including phenoxy) is 1. The Morgan fingerprint density at radius 2 is 2.09 bits per heavy atom. The van der Waals surface area contributed by atoms with Crippen molar-refractivity contribution in [3.05, 3.63) is 59.1 Å². The first-order chi connectivity index (χ1) is 15.4. The van der Waals surface area contributed by atoms with Crippen molar-refractivity contribution in [2.45, 2.75) is 19.0 Å². The predicted octanol–water partition coefficient (Wildman–Crippen LogP) is 3.17. The molecular formula is C22H19F3N4O3. The van der Waals surface area contributed by atoms with E-state index in [-0.39, 0.29) is 42.2 Å². The molecule has 3 aliphatic rings. The lowest BCUT2D eigenvalue weighted by molar-refractivity contribution is -0.132. The molecule has 2 bridgehead atoms. The summed E-state index contributed by atoms with van der Waals surface area (Å²) in [7, 11) is 1.45. The number of nitrogens with zero attached hydrogens (tertiary/aromatic N) is 3. The van der Waals surface area contributed by atoms with Crippen LogP contribution in [0.25, 0.3) is 5.57 Å². The van der Waals surface area contributed by atoms with Gasteiger partial charge in [0.15, 0.2) is 11.6 Å². The Morgan fingerprint density at radius 3 is 2.81 bits per heavy atom. The van der Waals surface area contributed by atoms with Crippen LogP contribution in [-0.4, -0.2) is 53.0 Å². The van der Waals surface area contributed by atoms with E-state index in [1.165, 1.54) is 19.2 Å². The molecule has 1 N–H and O–H groups in total. The third-order valence-corrected chi connectivity index (χ3v) is 6.23. The lowest BCUT2D eigenvalue weighted by atomic mass is 9.95. The number of likely N-dealkylation sites (tertiary alicyclic amines) is 1. The zero-order valence-corrected chi connectivity index (χ0v) is 17.1. The summed E-state index contributed by atoms with van der Waals surface area (Å²) >= 11 is 0. The number of pyridine rings is 1. The molecule has 1 aromatic carbocycles. The molecule has 1 fully saturated rings. The summed E-state index contributed by atoms with van der Waals surface area (Å²) in [5, 5.41) is 2.49. The van der Waals surface area contributed by atoms with E-state index in [2.05, 4.69) is 10.3 Å². The summed E-state index contributed by atoms with van der Waals surface area (Å²) in [4.78, 5) is 31.9. The molecule has 5 rings (SSSR count). The third-order valence-electron chi connectivity index (χ3n) is 6.23. The first kappa shape index (κ1) is 20.3. The highest BCUT2D eigenvalue weighted by atomic mass is 19.2. The van der Waals surface area contributed by atoms with Gasteiger partial charge in [0.25, 0.3) is 0 Å². The second-order valence-electron chi connectivity index (χ2n) is 8.05. The number of carbonyl (C=O) groups is 2. The van der Waals surface area contributed by atoms with Gasteiger partial charge in [-0.1, -0.05) is 6.08 Å². The average molecular weight is 444 g/mol. The molecule has 3 heterocycles. The largest absolute Gasteiger partial charge is 0.481 e. The van der Waals surface area contributed by atoms with Crippen molar-refractivity contribution >= 4 is 23.2 Å². The fourth-order valence-corrected chi connectivity index (χ4v) is 4.64. The van der Waals surface area contributed by atoms with Gasteiger partial charge in [-0.3, -0.25) is 4.79 Å². The average Bonchev–Trinajstić information content (AvgIpc) is 3.39. The van der Waals surface area contributed by atoms with E-state index < -0.39 is 23.5 Å². The second kappa shape index (κ2) is 7.54. The summed E-state index contributed by atoms with van der Waals surface area (Å²) in [5.74, 6) is -2.56. The van der Waals surface area contributed by atoms with Crippen LogP contribution in [0.15, 0.2) is 30.5 Å². The maximum atomic E-state index is 14.3. The van der Waals surface area contributed by atoms with E-state index in [1.54, 1.807) is 4.90 Å². The molecule has 2 aromatic rings. The number of rotatable bonds is 4. The molecular weight excluding hydrogens is 425 g/mol. The minimum Gasteiger partial charge on any atom is -0.481 e. The van der Waals surface area contributed by atoms with Gasteiger partial charge in [-0.25, -0.2) is 22.9 Å². The minimum absolute atomic E-state index is 0.00429. The van der Waals surface area contributed by atoms with Crippen LogP contribution in [0.1, 0.15) is 17.5 Å². The molecule has 0 unspecified atom stereocenters. The summed E-state index contributed by atoms with van der Waals surface area (Å²) in [5.41, 5.74) is 1.41. The molecule has 32 heavy (non-hydrogen) atoms. The smallest absolute Gasteiger partial charge is 0.322 e. The molecule has 2 aliphatic heterocycles. The maximum absolute atomic E-state index is 14.3. The van der Waals surface area contributed by atoms with E-state index in [1.807, 2.05) is 6.08 Å². The molecule has 1 saturated heterocycles.